The average Bonchev–Trinajstić information content (AvgIpc) is 3.23. The number of aryl methyl sites for hydroxylation is 1. The van der Waals surface area contributed by atoms with Crippen LogP contribution in [0.1, 0.15) is 63.1 Å². The van der Waals surface area contributed by atoms with Gasteiger partial charge in [-0.1, -0.05) is 13.3 Å². The summed E-state index contributed by atoms with van der Waals surface area (Å²) in [6.07, 6.45) is 8.85. The van der Waals surface area contributed by atoms with Crippen molar-refractivity contribution in [3.63, 3.8) is 0 Å². The van der Waals surface area contributed by atoms with E-state index in [-0.39, 0.29) is 24.0 Å². The quantitative estimate of drug-likeness (QED) is 0.207. The van der Waals surface area contributed by atoms with E-state index >= 15 is 0 Å². The first-order valence-electron chi connectivity index (χ1n) is 12.0. The molecule has 2 fully saturated rings. The zero-order valence-electron chi connectivity index (χ0n) is 19.7. The van der Waals surface area contributed by atoms with E-state index in [4.69, 9.17) is 4.98 Å². The van der Waals surface area contributed by atoms with Crippen molar-refractivity contribution in [2.24, 2.45) is 10.9 Å². The summed E-state index contributed by atoms with van der Waals surface area (Å²) in [5, 5.41) is 10.6. The predicted molar refractivity (Wildman–Crippen MR) is 144 cm³/mol. The Morgan fingerprint density at radius 1 is 1.19 bits per heavy atom. The van der Waals surface area contributed by atoms with Gasteiger partial charge < -0.3 is 15.5 Å². The fraction of sp³-hybridized carbons (Fsp3) is 0.826. The Morgan fingerprint density at radius 3 is 2.68 bits per heavy atom. The largest absolute Gasteiger partial charge is 0.356 e. The molecular formula is C23H43IN6S. The molecule has 178 valence electrons. The topological polar surface area (TPSA) is 55.8 Å². The first kappa shape index (κ1) is 26.8. The first-order chi connectivity index (χ1) is 14.7. The van der Waals surface area contributed by atoms with Gasteiger partial charge in [0, 0.05) is 44.6 Å². The molecule has 0 spiro atoms. The lowest BCUT2D eigenvalue weighted by Crippen LogP contribution is -2.44. The Morgan fingerprint density at radius 2 is 2.00 bits per heavy atom. The zero-order valence-corrected chi connectivity index (χ0v) is 22.9. The second-order valence-corrected chi connectivity index (χ2v) is 9.86. The molecule has 0 aromatic carbocycles. The van der Waals surface area contributed by atoms with Crippen LogP contribution in [0.5, 0.6) is 0 Å². The molecule has 6 nitrogen and oxygen atoms in total. The van der Waals surface area contributed by atoms with Gasteiger partial charge in [-0.3, -0.25) is 9.89 Å². The molecular weight excluding hydrogens is 519 g/mol. The number of likely N-dealkylation sites (tertiary alicyclic amines) is 2. The SMILES string of the molecule is CCc1nc(CN2CCC(CNC(=NC)NCCCN3CCCCC3C)CC2)cs1.I. The summed E-state index contributed by atoms with van der Waals surface area (Å²) in [4.78, 5) is 14.3. The van der Waals surface area contributed by atoms with E-state index in [1.54, 1.807) is 11.3 Å². The van der Waals surface area contributed by atoms with Gasteiger partial charge in [-0.2, -0.15) is 0 Å². The molecule has 2 aliphatic heterocycles. The van der Waals surface area contributed by atoms with Crippen LogP contribution in [-0.4, -0.2) is 73.1 Å². The third-order valence-electron chi connectivity index (χ3n) is 6.63. The number of nitrogens with zero attached hydrogens (tertiary/aromatic N) is 4. The maximum atomic E-state index is 4.72. The van der Waals surface area contributed by atoms with Crippen molar-refractivity contribution in [2.45, 2.75) is 71.4 Å². The number of thiazole rings is 1. The van der Waals surface area contributed by atoms with Crippen molar-refractivity contribution in [1.29, 1.82) is 0 Å². The van der Waals surface area contributed by atoms with Gasteiger partial charge in [0.05, 0.1) is 10.7 Å². The van der Waals surface area contributed by atoms with E-state index in [1.807, 2.05) is 7.05 Å². The summed E-state index contributed by atoms with van der Waals surface area (Å²) in [5.41, 5.74) is 1.25. The molecule has 1 aromatic rings. The summed E-state index contributed by atoms with van der Waals surface area (Å²) in [6.45, 7) is 12.4. The maximum Gasteiger partial charge on any atom is 0.190 e. The average molecular weight is 563 g/mol. The number of aromatic nitrogens is 1. The molecule has 8 heteroatoms. The molecule has 3 rings (SSSR count). The minimum atomic E-state index is 0. The van der Waals surface area contributed by atoms with Crippen LogP contribution in [-0.2, 0) is 13.0 Å². The van der Waals surface area contributed by atoms with Crippen molar-refractivity contribution in [3.05, 3.63) is 16.1 Å². The Balaban J connectivity index is 0.00000341. The first-order valence-corrected chi connectivity index (χ1v) is 12.9. The highest BCUT2D eigenvalue weighted by Gasteiger charge is 2.20. The zero-order chi connectivity index (χ0) is 21.2. The van der Waals surface area contributed by atoms with Gasteiger partial charge in [-0.25, -0.2) is 4.98 Å². The van der Waals surface area contributed by atoms with Gasteiger partial charge in [0.15, 0.2) is 5.96 Å². The summed E-state index contributed by atoms with van der Waals surface area (Å²) in [7, 11) is 1.88. The molecule has 0 saturated carbocycles. The van der Waals surface area contributed by atoms with Crippen LogP contribution < -0.4 is 10.6 Å². The predicted octanol–water partition coefficient (Wildman–Crippen LogP) is 3.97. The summed E-state index contributed by atoms with van der Waals surface area (Å²) in [6, 6.07) is 0.756. The molecule has 0 radical (unpaired) electrons. The molecule has 2 saturated heterocycles. The monoisotopic (exact) mass is 562 g/mol. The Kier molecular flexibility index (Phi) is 12.7. The number of aliphatic imine (C=N–C) groups is 1. The van der Waals surface area contributed by atoms with E-state index in [2.05, 4.69) is 44.7 Å². The number of halogens is 1. The van der Waals surface area contributed by atoms with Crippen LogP contribution in [0.2, 0.25) is 0 Å². The molecule has 0 aliphatic carbocycles. The van der Waals surface area contributed by atoms with Crippen LogP contribution in [0, 0.1) is 5.92 Å². The fourth-order valence-electron chi connectivity index (χ4n) is 4.60. The Bertz CT molecular complexity index is 644. The smallest absolute Gasteiger partial charge is 0.190 e. The highest BCUT2D eigenvalue weighted by atomic mass is 127. The van der Waals surface area contributed by atoms with Gasteiger partial charge >= 0.3 is 0 Å². The van der Waals surface area contributed by atoms with E-state index in [9.17, 15) is 0 Å². The molecule has 2 N–H and O–H groups in total. The van der Waals surface area contributed by atoms with Gasteiger partial charge in [-0.15, -0.1) is 35.3 Å². The molecule has 1 atom stereocenters. The number of piperidine rings is 2. The minimum Gasteiger partial charge on any atom is -0.356 e. The number of nitrogens with one attached hydrogen (secondary N) is 2. The highest BCUT2D eigenvalue weighted by Crippen LogP contribution is 2.20. The molecule has 1 unspecified atom stereocenters. The highest BCUT2D eigenvalue weighted by molar-refractivity contribution is 14.0. The second-order valence-electron chi connectivity index (χ2n) is 8.92. The second kappa shape index (κ2) is 14.6. The van der Waals surface area contributed by atoms with Crippen molar-refractivity contribution in [3.8, 4) is 0 Å². The van der Waals surface area contributed by atoms with Gasteiger partial charge in [0.2, 0.25) is 0 Å². The maximum absolute atomic E-state index is 4.72. The third kappa shape index (κ3) is 9.14. The summed E-state index contributed by atoms with van der Waals surface area (Å²) in [5.74, 6) is 1.69. The molecule has 31 heavy (non-hydrogen) atoms. The van der Waals surface area contributed by atoms with Crippen molar-refractivity contribution >= 4 is 41.3 Å². The Labute approximate surface area is 210 Å². The van der Waals surface area contributed by atoms with Gasteiger partial charge in [0.1, 0.15) is 0 Å². The van der Waals surface area contributed by atoms with Crippen molar-refractivity contribution in [2.75, 3.05) is 46.3 Å². The lowest BCUT2D eigenvalue weighted by molar-refractivity contribution is 0.159. The molecule has 0 bridgehead atoms. The lowest BCUT2D eigenvalue weighted by atomic mass is 9.97. The summed E-state index contributed by atoms with van der Waals surface area (Å²) >= 11 is 1.80. The Hall–Kier alpha value is -0.450. The van der Waals surface area contributed by atoms with E-state index < -0.39 is 0 Å². The van der Waals surface area contributed by atoms with Crippen LogP contribution >= 0.6 is 35.3 Å². The normalized spacial score (nSPS) is 21.6. The minimum absolute atomic E-state index is 0. The standard InChI is InChI=1S/C23H42N6S.HI/c1-4-22-27-21(18-30-22)17-28-14-9-20(10-15-28)16-26-23(24-3)25-11-7-13-29-12-6-5-8-19(29)2;/h18-20H,4-17H2,1-3H3,(H2,24,25,26);1H. The van der Waals surface area contributed by atoms with E-state index in [0.29, 0.717) is 0 Å². The third-order valence-corrected chi connectivity index (χ3v) is 7.67. The fourth-order valence-corrected chi connectivity index (χ4v) is 5.34. The van der Waals surface area contributed by atoms with Gasteiger partial charge in [-0.05, 0) is 71.0 Å². The molecule has 1 aromatic heterocycles. The number of hydrogen-bond acceptors (Lipinski definition) is 5. The lowest BCUT2D eigenvalue weighted by Gasteiger charge is -2.33. The molecule has 3 heterocycles. The van der Waals surface area contributed by atoms with E-state index in [1.165, 1.54) is 75.4 Å². The van der Waals surface area contributed by atoms with Crippen LogP contribution in [0.4, 0.5) is 0 Å². The van der Waals surface area contributed by atoms with E-state index in [0.717, 1.165) is 44.0 Å². The van der Waals surface area contributed by atoms with Crippen LogP contribution in [0.3, 0.4) is 0 Å². The van der Waals surface area contributed by atoms with Crippen LogP contribution in [0.15, 0.2) is 10.4 Å². The number of guanidine groups is 1. The van der Waals surface area contributed by atoms with Crippen molar-refractivity contribution < 1.29 is 0 Å². The van der Waals surface area contributed by atoms with Crippen molar-refractivity contribution in [1.82, 2.24) is 25.4 Å². The molecule has 0 amide bonds. The number of rotatable bonds is 9. The van der Waals surface area contributed by atoms with Crippen LogP contribution in [0.25, 0.3) is 0 Å². The molecule has 2 aliphatic rings. The number of hydrogen-bond donors (Lipinski definition) is 2. The summed E-state index contributed by atoms with van der Waals surface area (Å²) < 4.78 is 0. The van der Waals surface area contributed by atoms with Gasteiger partial charge in [0.25, 0.3) is 0 Å².